The van der Waals surface area contributed by atoms with Gasteiger partial charge in [0.2, 0.25) is 5.88 Å². The predicted molar refractivity (Wildman–Crippen MR) is 55.5 cm³/mol. The zero-order valence-corrected chi connectivity index (χ0v) is 8.56. The summed E-state index contributed by atoms with van der Waals surface area (Å²) in [5.41, 5.74) is -0.382. The highest BCUT2D eigenvalue weighted by Crippen LogP contribution is 2.11. The highest BCUT2D eigenvalue weighted by molar-refractivity contribution is 5.22. The summed E-state index contributed by atoms with van der Waals surface area (Å²) in [6, 6.07) is 1.67. The Balaban J connectivity index is 2.53. The number of aromatic nitrogens is 2. The molecule has 6 nitrogen and oxygen atoms in total. The molecule has 2 heterocycles. The van der Waals surface area contributed by atoms with E-state index in [1.165, 1.54) is 19.5 Å². The second-order valence-electron chi connectivity index (χ2n) is 3.43. The van der Waals surface area contributed by atoms with Crippen LogP contribution in [0.25, 0.3) is 0 Å². The van der Waals surface area contributed by atoms with Crippen LogP contribution >= 0.6 is 0 Å². The fourth-order valence-corrected chi connectivity index (χ4v) is 1.37. The topological polar surface area (TPSA) is 88.2 Å². The molecule has 16 heavy (non-hydrogen) atoms. The van der Waals surface area contributed by atoms with Crippen molar-refractivity contribution in [1.82, 2.24) is 9.55 Å². The predicted octanol–water partition coefficient (Wildman–Crippen LogP) is 0.192. The van der Waals surface area contributed by atoms with Gasteiger partial charge in [0.15, 0.2) is 0 Å². The Kier molecular flexibility index (Phi) is 2.40. The number of aromatic amines is 1. The van der Waals surface area contributed by atoms with Crippen molar-refractivity contribution >= 4 is 0 Å². The minimum absolute atomic E-state index is 0.114. The molecule has 0 saturated heterocycles. The summed E-state index contributed by atoms with van der Waals surface area (Å²) in [5, 5.41) is 9.67. The zero-order valence-electron chi connectivity index (χ0n) is 8.56. The number of furan rings is 1. The fourth-order valence-electron chi connectivity index (χ4n) is 1.37. The van der Waals surface area contributed by atoms with Crippen molar-refractivity contribution in [3.05, 3.63) is 50.6 Å². The Morgan fingerprint density at radius 3 is 2.88 bits per heavy atom. The average Bonchev–Trinajstić information content (AvgIpc) is 2.74. The third-order valence-electron chi connectivity index (χ3n) is 2.32. The first-order valence-corrected chi connectivity index (χ1v) is 4.63. The van der Waals surface area contributed by atoms with E-state index in [-0.39, 0.29) is 18.0 Å². The smallest absolute Gasteiger partial charge is 0.331 e. The third-order valence-corrected chi connectivity index (χ3v) is 2.32. The molecule has 2 aromatic heterocycles. The molecule has 0 aliphatic rings. The van der Waals surface area contributed by atoms with E-state index < -0.39 is 11.2 Å². The van der Waals surface area contributed by atoms with E-state index in [0.717, 1.165) is 10.1 Å². The zero-order chi connectivity index (χ0) is 11.7. The number of nitrogens with one attached hydrogen (secondary N) is 1. The molecule has 2 N–H and O–H groups in total. The average molecular weight is 222 g/mol. The lowest BCUT2D eigenvalue weighted by Gasteiger charge is -2.07. The maximum Gasteiger partial charge on any atom is 0.331 e. The number of nitrogens with zero attached hydrogens (tertiary/aromatic N) is 1. The monoisotopic (exact) mass is 222 g/mol. The molecule has 0 spiro atoms. The van der Waals surface area contributed by atoms with E-state index in [4.69, 9.17) is 4.42 Å². The van der Waals surface area contributed by atoms with Crippen molar-refractivity contribution < 1.29 is 9.52 Å². The molecule has 0 aliphatic carbocycles. The first-order valence-electron chi connectivity index (χ1n) is 4.63. The summed E-state index contributed by atoms with van der Waals surface area (Å²) < 4.78 is 5.92. The van der Waals surface area contributed by atoms with E-state index >= 15 is 0 Å². The fraction of sp³-hybridized carbons (Fsp3) is 0.200. The normalized spacial score (nSPS) is 10.6. The largest absolute Gasteiger partial charge is 0.494 e. The molecule has 6 heteroatoms. The molecule has 84 valence electrons. The van der Waals surface area contributed by atoms with E-state index in [1.54, 1.807) is 6.07 Å². The maximum absolute atomic E-state index is 11.5. The second-order valence-corrected chi connectivity index (χ2v) is 3.43. The van der Waals surface area contributed by atoms with Crippen LogP contribution in [-0.2, 0) is 6.54 Å². The number of hydrogen-bond donors (Lipinski definition) is 2. The Hall–Kier alpha value is -2.24. The van der Waals surface area contributed by atoms with E-state index in [0.29, 0.717) is 0 Å². The van der Waals surface area contributed by atoms with Crippen LogP contribution in [0.15, 0.2) is 32.6 Å². The van der Waals surface area contributed by atoms with E-state index in [1.807, 2.05) is 0 Å². The molecular formula is C10H10N2O4. The lowest BCUT2D eigenvalue weighted by Crippen LogP contribution is -2.31. The van der Waals surface area contributed by atoms with Crippen LogP contribution in [0.5, 0.6) is 5.88 Å². The molecule has 0 amide bonds. The highest BCUT2D eigenvalue weighted by atomic mass is 16.3. The minimum atomic E-state index is -0.644. The van der Waals surface area contributed by atoms with E-state index in [9.17, 15) is 14.7 Å². The van der Waals surface area contributed by atoms with Gasteiger partial charge in [0.05, 0.1) is 24.6 Å². The van der Waals surface area contributed by atoms with Crippen LogP contribution in [0.2, 0.25) is 0 Å². The van der Waals surface area contributed by atoms with E-state index in [2.05, 4.69) is 4.98 Å². The molecule has 0 fully saturated rings. The van der Waals surface area contributed by atoms with Crippen LogP contribution in [0.4, 0.5) is 0 Å². The molecule has 0 atom stereocenters. The van der Waals surface area contributed by atoms with Gasteiger partial charge in [0.1, 0.15) is 0 Å². The second kappa shape index (κ2) is 3.73. The highest BCUT2D eigenvalue weighted by Gasteiger charge is 2.10. The molecule has 0 aromatic carbocycles. The van der Waals surface area contributed by atoms with Crippen molar-refractivity contribution in [3.63, 3.8) is 0 Å². The number of H-pyrrole nitrogens is 1. The molecular weight excluding hydrogens is 212 g/mol. The van der Waals surface area contributed by atoms with Crippen LogP contribution < -0.4 is 11.2 Å². The summed E-state index contributed by atoms with van der Waals surface area (Å²) in [7, 11) is 0. The summed E-state index contributed by atoms with van der Waals surface area (Å²) in [4.78, 5) is 24.7. The van der Waals surface area contributed by atoms with Crippen molar-refractivity contribution in [2.24, 2.45) is 0 Å². The molecule has 0 unspecified atom stereocenters. The third kappa shape index (κ3) is 1.65. The number of hydrogen-bond acceptors (Lipinski definition) is 4. The first kappa shape index (κ1) is 10.3. The van der Waals surface area contributed by atoms with Gasteiger partial charge in [-0.2, -0.15) is 0 Å². The lowest BCUT2D eigenvalue weighted by molar-refractivity contribution is 0.404. The molecule has 0 radical (unpaired) electrons. The summed E-state index contributed by atoms with van der Waals surface area (Å²) in [5.74, 6) is -0.324. The minimum Gasteiger partial charge on any atom is -0.494 e. The summed E-state index contributed by atoms with van der Waals surface area (Å²) >= 11 is 0. The van der Waals surface area contributed by atoms with Gasteiger partial charge in [-0.3, -0.25) is 14.3 Å². The van der Waals surface area contributed by atoms with Crippen LogP contribution in [-0.4, -0.2) is 14.7 Å². The van der Waals surface area contributed by atoms with Crippen LogP contribution in [0.3, 0.4) is 0 Å². The Morgan fingerprint density at radius 1 is 1.50 bits per heavy atom. The summed E-state index contributed by atoms with van der Waals surface area (Å²) in [6.45, 7) is 1.60. The van der Waals surface area contributed by atoms with Crippen LogP contribution in [0.1, 0.15) is 11.1 Å². The first-order chi connectivity index (χ1) is 7.59. The molecule has 2 rings (SSSR count). The van der Waals surface area contributed by atoms with Crippen molar-refractivity contribution in [2.75, 3.05) is 0 Å². The van der Waals surface area contributed by atoms with Gasteiger partial charge in [0, 0.05) is 5.56 Å². The van der Waals surface area contributed by atoms with Gasteiger partial charge in [-0.15, -0.1) is 0 Å². The van der Waals surface area contributed by atoms with Gasteiger partial charge in [-0.05, 0) is 13.0 Å². The van der Waals surface area contributed by atoms with Gasteiger partial charge >= 0.3 is 5.69 Å². The Morgan fingerprint density at radius 2 is 2.25 bits per heavy atom. The molecule has 2 aromatic rings. The molecule has 0 aliphatic heterocycles. The quantitative estimate of drug-likeness (QED) is 0.759. The number of aromatic hydroxyl groups is 1. The van der Waals surface area contributed by atoms with Gasteiger partial charge in [0.25, 0.3) is 5.56 Å². The lowest BCUT2D eigenvalue weighted by atomic mass is 10.3. The van der Waals surface area contributed by atoms with Crippen molar-refractivity contribution in [2.45, 2.75) is 13.5 Å². The van der Waals surface area contributed by atoms with Crippen molar-refractivity contribution in [1.29, 1.82) is 0 Å². The SMILES string of the molecule is Cc1c(O)n(Cc2ccoc2)c(=O)[nH]c1=O. The van der Waals surface area contributed by atoms with Gasteiger partial charge < -0.3 is 9.52 Å². The van der Waals surface area contributed by atoms with Gasteiger partial charge in [-0.1, -0.05) is 0 Å². The Labute approximate surface area is 89.8 Å². The van der Waals surface area contributed by atoms with Gasteiger partial charge in [-0.25, -0.2) is 4.79 Å². The standard InChI is InChI=1S/C10H10N2O4/c1-6-8(13)11-10(15)12(9(6)14)4-7-2-3-16-5-7/h2-3,5,14H,4H2,1H3,(H,11,13,15). The number of rotatable bonds is 2. The molecule has 0 saturated carbocycles. The van der Waals surface area contributed by atoms with Crippen molar-refractivity contribution in [3.8, 4) is 5.88 Å². The van der Waals surface area contributed by atoms with Crippen LogP contribution in [0, 0.1) is 6.92 Å². The maximum atomic E-state index is 11.5. The Bertz CT molecular complexity index is 607. The summed E-state index contributed by atoms with van der Waals surface area (Å²) in [6.07, 6.45) is 2.93. The molecule has 0 bridgehead atoms.